The molecule has 0 bridgehead atoms. The van der Waals surface area contributed by atoms with Gasteiger partial charge in [0.15, 0.2) is 0 Å². The highest BCUT2D eigenvalue weighted by Gasteiger charge is 2.15. The third-order valence-electron chi connectivity index (χ3n) is 2.63. The number of nitrogens with two attached hydrogens (primary N) is 1. The van der Waals surface area contributed by atoms with Crippen molar-refractivity contribution in [2.24, 2.45) is 5.84 Å². The maximum Gasteiger partial charge on any atom is 0.137 e. The topological polar surface area (TPSA) is 60.2 Å². The molecule has 0 radical (unpaired) electrons. The SMILES string of the molecule is CCCOc1cncc(C(NN)c2csc(I)c2)c1. The first kappa shape index (κ1) is 14.7. The van der Waals surface area contributed by atoms with E-state index in [0.29, 0.717) is 6.61 Å². The largest absolute Gasteiger partial charge is 0.492 e. The smallest absolute Gasteiger partial charge is 0.137 e. The van der Waals surface area contributed by atoms with Crippen LogP contribution in [0.4, 0.5) is 0 Å². The molecule has 2 aromatic rings. The van der Waals surface area contributed by atoms with Gasteiger partial charge < -0.3 is 4.74 Å². The Kier molecular flexibility index (Phi) is 5.56. The zero-order valence-electron chi connectivity index (χ0n) is 10.6. The van der Waals surface area contributed by atoms with Crippen LogP contribution in [0.2, 0.25) is 0 Å². The summed E-state index contributed by atoms with van der Waals surface area (Å²) in [5.74, 6) is 6.46. The van der Waals surface area contributed by atoms with Crippen LogP contribution in [-0.4, -0.2) is 11.6 Å². The average Bonchev–Trinajstić information content (AvgIpc) is 2.84. The van der Waals surface area contributed by atoms with E-state index in [4.69, 9.17) is 10.6 Å². The molecule has 0 saturated heterocycles. The van der Waals surface area contributed by atoms with Gasteiger partial charge in [-0.2, -0.15) is 0 Å². The maximum absolute atomic E-state index is 5.68. The molecule has 4 nitrogen and oxygen atoms in total. The fourth-order valence-corrected chi connectivity index (χ4v) is 3.15. The van der Waals surface area contributed by atoms with Crippen LogP contribution in [-0.2, 0) is 0 Å². The molecule has 1 unspecified atom stereocenters. The van der Waals surface area contributed by atoms with E-state index in [2.05, 4.69) is 51.4 Å². The van der Waals surface area contributed by atoms with Crippen LogP contribution in [0, 0.1) is 2.88 Å². The summed E-state index contributed by atoms with van der Waals surface area (Å²) in [5, 5.41) is 2.10. The van der Waals surface area contributed by atoms with E-state index < -0.39 is 0 Å². The fraction of sp³-hybridized carbons (Fsp3) is 0.308. The predicted octanol–water partition coefficient (Wildman–Crippen LogP) is 3.09. The average molecular weight is 389 g/mol. The first-order valence-corrected chi connectivity index (χ1v) is 7.98. The van der Waals surface area contributed by atoms with Crippen molar-refractivity contribution in [1.29, 1.82) is 0 Å². The molecule has 0 aliphatic carbocycles. The summed E-state index contributed by atoms with van der Waals surface area (Å²) in [4.78, 5) is 4.22. The molecule has 19 heavy (non-hydrogen) atoms. The highest BCUT2D eigenvalue weighted by Crippen LogP contribution is 2.28. The number of hydrogen-bond acceptors (Lipinski definition) is 5. The second-order valence-electron chi connectivity index (χ2n) is 4.09. The minimum Gasteiger partial charge on any atom is -0.492 e. The number of aromatic nitrogens is 1. The minimum absolute atomic E-state index is 0.0579. The van der Waals surface area contributed by atoms with Gasteiger partial charge in [-0.3, -0.25) is 10.8 Å². The summed E-state index contributed by atoms with van der Waals surface area (Å²) in [6.45, 7) is 2.77. The van der Waals surface area contributed by atoms with Crippen molar-refractivity contribution < 1.29 is 4.74 Å². The van der Waals surface area contributed by atoms with Gasteiger partial charge >= 0.3 is 0 Å². The van der Waals surface area contributed by atoms with Gasteiger partial charge in [-0.25, -0.2) is 5.43 Å². The van der Waals surface area contributed by atoms with Crippen molar-refractivity contribution >= 4 is 33.9 Å². The van der Waals surface area contributed by atoms with Crippen molar-refractivity contribution in [2.45, 2.75) is 19.4 Å². The number of hydrogen-bond donors (Lipinski definition) is 2. The van der Waals surface area contributed by atoms with Gasteiger partial charge in [0.1, 0.15) is 5.75 Å². The van der Waals surface area contributed by atoms with Gasteiger partial charge in [0.05, 0.1) is 21.7 Å². The van der Waals surface area contributed by atoms with Crippen molar-refractivity contribution in [3.05, 3.63) is 43.9 Å². The molecule has 0 aliphatic heterocycles. The van der Waals surface area contributed by atoms with Gasteiger partial charge in [-0.15, -0.1) is 11.3 Å². The van der Waals surface area contributed by atoms with E-state index in [1.807, 2.05) is 12.3 Å². The van der Waals surface area contributed by atoms with Gasteiger partial charge in [0.2, 0.25) is 0 Å². The quantitative estimate of drug-likeness (QED) is 0.453. The second-order valence-corrected chi connectivity index (χ2v) is 6.89. The summed E-state index contributed by atoms with van der Waals surface area (Å²) in [5.41, 5.74) is 4.99. The van der Waals surface area contributed by atoms with Crippen LogP contribution in [0.15, 0.2) is 29.9 Å². The van der Waals surface area contributed by atoms with Crippen molar-refractivity contribution in [1.82, 2.24) is 10.4 Å². The number of pyridine rings is 1. The van der Waals surface area contributed by atoms with Gasteiger partial charge in [0.25, 0.3) is 0 Å². The number of nitrogens with one attached hydrogen (secondary N) is 1. The van der Waals surface area contributed by atoms with Crippen LogP contribution in [0.1, 0.15) is 30.5 Å². The van der Waals surface area contributed by atoms with Crippen LogP contribution in [0.5, 0.6) is 5.75 Å². The van der Waals surface area contributed by atoms with E-state index in [1.165, 1.54) is 2.88 Å². The molecule has 102 valence electrons. The normalized spacial score (nSPS) is 12.4. The molecule has 0 aliphatic rings. The summed E-state index contributed by atoms with van der Waals surface area (Å²) in [7, 11) is 0. The zero-order valence-corrected chi connectivity index (χ0v) is 13.6. The lowest BCUT2D eigenvalue weighted by atomic mass is 10.0. The number of halogens is 1. The third kappa shape index (κ3) is 3.88. The lowest BCUT2D eigenvalue weighted by Gasteiger charge is -2.15. The zero-order chi connectivity index (χ0) is 13.7. The molecule has 2 aromatic heterocycles. The third-order valence-corrected chi connectivity index (χ3v) is 4.44. The molecule has 6 heteroatoms. The molecular weight excluding hydrogens is 373 g/mol. The van der Waals surface area contributed by atoms with Gasteiger partial charge in [-0.05, 0) is 57.7 Å². The summed E-state index contributed by atoms with van der Waals surface area (Å²) >= 11 is 4.00. The molecule has 0 aromatic carbocycles. The van der Waals surface area contributed by atoms with Crippen molar-refractivity contribution in [3.63, 3.8) is 0 Å². The molecule has 2 heterocycles. The number of nitrogens with zero attached hydrogens (tertiary/aromatic N) is 1. The van der Waals surface area contributed by atoms with E-state index in [1.54, 1.807) is 17.5 Å². The maximum atomic E-state index is 5.68. The van der Waals surface area contributed by atoms with E-state index in [9.17, 15) is 0 Å². The number of ether oxygens (including phenoxy) is 1. The van der Waals surface area contributed by atoms with Crippen LogP contribution < -0.4 is 16.0 Å². The summed E-state index contributed by atoms with van der Waals surface area (Å²) in [6, 6.07) is 4.05. The van der Waals surface area contributed by atoms with Crippen LogP contribution in [0.3, 0.4) is 0 Å². The lowest BCUT2D eigenvalue weighted by Crippen LogP contribution is -2.28. The monoisotopic (exact) mass is 389 g/mol. The first-order valence-electron chi connectivity index (χ1n) is 6.02. The number of rotatable bonds is 6. The van der Waals surface area contributed by atoms with E-state index in [-0.39, 0.29) is 6.04 Å². The van der Waals surface area contributed by atoms with Crippen molar-refractivity contribution in [2.75, 3.05) is 6.61 Å². The Labute approximate surface area is 130 Å². The molecule has 1 atom stereocenters. The standard InChI is InChI=1S/C13H16IN3OS/c1-2-3-18-11-4-9(6-16-7-11)13(17-15)10-5-12(14)19-8-10/h4-8,13,17H,2-3,15H2,1H3. The molecule has 0 fully saturated rings. The number of thiophene rings is 1. The predicted molar refractivity (Wildman–Crippen MR) is 86.2 cm³/mol. The second kappa shape index (κ2) is 7.18. The Hall–Kier alpha value is -0.700. The highest BCUT2D eigenvalue weighted by atomic mass is 127. The Morgan fingerprint density at radius 1 is 1.42 bits per heavy atom. The molecule has 0 amide bonds. The Balaban J connectivity index is 2.23. The molecule has 2 rings (SSSR count). The molecule has 3 N–H and O–H groups in total. The van der Waals surface area contributed by atoms with Gasteiger partial charge in [-0.1, -0.05) is 6.92 Å². The minimum atomic E-state index is -0.0579. The van der Waals surface area contributed by atoms with E-state index in [0.717, 1.165) is 23.3 Å². The summed E-state index contributed by atoms with van der Waals surface area (Å²) < 4.78 is 6.84. The van der Waals surface area contributed by atoms with Crippen LogP contribution >= 0.6 is 33.9 Å². The molecule has 0 saturated carbocycles. The fourth-order valence-electron chi connectivity index (χ4n) is 1.75. The van der Waals surface area contributed by atoms with Crippen molar-refractivity contribution in [3.8, 4) is 5.75 Å². The Morgan fingerprint density at radius 2 is 2.26 bits per heavy atom. The molecule has 0 spiro atoms. The van der Waals surface area contributed by atoms with E-state index >= 15 is 0 Å². The highest BCUT2D eigenvalue weighted by molar-refractivity contribution is 14.1. The molecular formula is C13H16IN3OS. The summed E-state index contributed by atoms with van der Waals surface area (Å²) in [6.07, 6.45) is 4.52. The first-order chi connectivity index (χ1) is 9.24. The van der Waals surface area contributed by atoms with Crippen LogP contribution in [0.25, 0.3) is 0 Å². The Bertz CT molecular complexity index is 532. The lowest BCUT2D eigenvalue weighted by molar-refractivity contribution is 0.315. The van der Waals surface area contributed by atoms with Gasteiger partial charge in [0, 0.05) is 6.20 Å². The Morgan fingerprint density at radius 3 is 2.89 bits per heavy atom. The number of hydrazine groups is 1.